The summed E-state index contributed by atoms with van der Waals surface area (Å²) in [4.78, 5) is 10.5. The van der Waals surface area contributed by atoms with Crippen LogP contribution in [0, 0.1) is 5.92 Å². The lowest BCUT2D eigenvalue weighted by molar-refractivity contribution is -0.534. The average Bonchev–Trinajstić information content (AvgIpc) is 3.32. The summed E-state index contributed by atoms with van der Waals surface area (Å²) in [5.41, 5.74) is 10.5. The molecular formula is C54H40BF2N5. The van der Waals surface area contributed by atoms with Crippen molar-refractivity contribution in [2.75, 3.05) is 9.80 Å². The Labute approximate surface area is 359 Å². The first-order valence-electron chi connectivity index (χ1n) is 21.0. The van der Waals surface area contributed by atoms with Crippen molar-refractivity contribution in [1.82, 2.24) is 4.81 Å². The minimum absolute atomic E-state index is 0.238. The molecule has 2 aliphatic heterocycles. The Hall–Kier alpha value is -7.84. The van der Waals surface area contributed by atoms with Crippen LogP contribution < -0.4 is 14.3 Å². The van der Waals surface area contributed by atoms with Gasteiger partial charge >= 0.3 is 6.97 Å². The van der Waals surface area contributed by atoms with E-state index in [9.17, 15) is 0 Å². The lowest BCUT2D eigenvalue weighted by atomic mass is 9.78. The summed E-state index contributed by atoms with van der Waals surface area (Å²) in [5, 5.41) is 0.713. The van der Waals surface area contributed by atoms with E-state index in [0.717, 1.165) is 60.9 Å². The molecule has 8 heteroatoms. The van der Waals surface area contributed by atoms with E-state index in [1.807, 2.05) is 121 Å². The molecule has 7 aromatic carbocycles. The second kappa shape index (κ2) is 15.3. The van der Waals surface area contributed by atoms with Crippen LogP contribution in [0.1, 0.15) is 5.56 Å². The lowest BCUT2D eigenvalue weighted by Crippen LogP contribution is -2.75. The number of rotatable bonds is 8. The molecule has 11 rings (SSSR count). The Kier molecular flexibility index (Phi) is 9.19. The van der Waals surface area contributed by atoms with Crippen LogP contribution in [0.25, 0.3) is 27.6 Å². The molecule has 0 saturated carbocycles. The Balaban J connectivity index is 0.907. The quantitative estimate of drug-likeness (QED) is 0.143. The zero-order valence-corrected chi connectivity index (χ0v) is 33.7. The molecule has 62 heavy (non-hydrogen) atoms. The van der Waals surface area contributed by atoms with Gasteiger partial charge in [0.05, 0.1) is 5.52 Å². The number of fused-ring (bicyclic) bond motifs is 6. The van der Waals surface area contributed by atoms with Crippen LogP contribution in [0.4, 0.5) is 48.6 Å². The van der Waals surface area contributed by atoms with Crippen molar-refractivity contribution in [2.45, 2.75) is 6.04 Å². The van der Waals surface area contributed by atoms with E-state index in [-0.39, 0.29) is 17.6 Å². The molecule has 0 bridgehead atoms. The highest BCUT2D eigenvalue weighted by atomic mass is 19.2. The SMILES string of the molecule is F[B-]1(F)N2C(=Nc3ccc4cc(-c5cccc(N(c6ccccc6)c6ccccc6)c5)ccc4[n+]31)C=CC1C=C(c3cccc(N(c4ccccc4)c4ccccc4)c3)C=CC12. The van der Waals surface area contributed by atoms with E-state index in [1.165, 1.54) is 4.81 Å². The molecule has 0 fully saturated rings. The molecule has 1 aliphatic carbocycles. The van der Waals surface area contributed by atoms with Gasteiger partial charge in [-0.3, -0.25) is 0 Å². The molecule has 0 radical (unpaired) electrons. The van der Waals surface area contributed by atoms with Crippen LogP contribution in [-0.4, -0.2) is 23.7 Å². The summed E-state index contributed by atoms with van der Waals surface area (Å²) in [5.74, 6) is 0.226. The molecule has 5 nitrogen and oxygen atoms in total. The van der Waals surface area contributed by atoms with Crippen molar-refractivity contribution in [3.63, 3.8) is 0 Å². The summed E-state index contributed by atoms with van der Waals surface area (Å²) < 4.78 is 35.9. The number of hydrogen-bond acceptors (Lipinski definition) is 4. The van der Waals surface area contributed by atoms with Gasteiger partial charge in [-0.2, -0.15) is 0 Å². The molecule has 3 aliphatic rings. The minimum Gasteiger partial charge on any atom is -0.415 e. The van der Waals surface area contributed by atoms with Gasteiger partial charge in [0.25, 0.3) is 5.82 Å². The van der Waals surface area contributed by atoms with Gasteiger partial charge in [-0.15, -0.1) is 0 Å². The Bertz CT molecular complexity index is 3000. The largest absolute Gasteiger partial charge is 0.638 e. The van der Waals surface area contributed by atoms with Crippen LogP contribution in [0.5, 0.6) is 0 Å². The van der Waals surface area contributed by atoms with Gasteiger partial charge in [0.2, 0.25) is 5.84 Å². The van der Waals surface area contributed by atoms with Gasteiger partial charge in [0.15, 0.2) is 0 Å². The highest BCUT2D eigenvalue weighted by molar-refractivity contribution is 6.59. The third-order valence-corrected chi connectivity index (χ3v) is 12.0. The highest BCUT2D eigenvalue weighted by Gasteiger charge is 2.54. The molecule has 0 N–H and O–H groups in total. The fourth-order valence-electron chi connectivity index (χ4n) is 9.20. The minimum atomic E-state index is -4.29. The predicted octanol–water partition coefficient (Wildman–Crippen LogP) is 13.5. The van der Waals surface area contributed by atoms with Crippen LogP contribution >= 0.6 is 0 Å². The summed E-state index contributed by atoms with van der Waals surface area (Å²) in [6.07, 6.45) is 9.78. The summed E-state index contributed by atoms with van der Waals surface area (Å²) in [7, 11) is 0. The average molecular weight is 808 g/mol. The summed E-state index contributed by atoms with van der Waals surface area (Å²) >= 11 is 0. The van der Waals surface area contributed by atoms with Crippen molar-refractivity contribution >= 4 is 69.2 Å². The number of halogens is 2. The maximum atomic E-state index is 17.4. The first-order chi connectivity index (χ1) is 30.5. The number of pyridine rings is 1. The van der Waals surface area contributed by atoms with Gasteiger partial charge in [0.1, 0.15) is 0 Å². The third kappa shape index (κ3) is 6.57. The maximum Gasteiger partial charge on any atom is 0.638 e. The smallest absolute Gasteiger partial charge is 0.415 e. The molecule has 298 valence electrons. The number of para-hydroxylation sites is 4. The number of aromatic nitrogens is 1. The zero-order valence-electron chi connectivity index (χ0n) is 33.7. The number of amidine groups is 1. The first kappa shape index (κ1) is 37.2. The van der Waals surface area contributed by atoms with Gasteiger partial charge in [-0.25, -0.2) is 0 Å². The summed E-state index contributed by atoms with van der Waals surface area (Å²) in [6.45, 7) is -4.29. The number of hydrogen-bond donors (Lipinski definition) is 0. The normalized spacial score (nSPS) is 17.0. The van der Waals surface area contributed by atoms with Gasteiger partial charge in [-0.1, -0.05) is 127 Å². The Morgan fingerprint density at radius 3 is 1.58 bits per heavy atom. The predicted molar refractivity (Wildman–Crippen MR) is 251 cm³/mol. The van der Waals surface area contributed by atoms with Crippen molar-refractivity contribution in [2.24, 2.45) is 10.9 Å². The van der Waals surface area contributed by atoms with E-state index in [0.29, 0.717) is 10.9 Å². The monoisotopic (exact) mass is 807 g/mol. The van der Waals surface area contributed by atoms with Crippen LogP contribution in [-0.2, 0) is 0 Å². The number of nitrogens with zero attached hydrogens (tertiary/aromatic N) is 5. The fraction of sp³-hybridized carbons (Fsp3) is 0.0370. The maximum absolute atomic E-state index is 17.4. The van der Waals surface area contributed by atoms with Crippen LogP contribution in [0.15, 0.2) is 236 Å². The third-order valence-electron chi connectivity index (χ3n) is 12.0. The Morgan fingerprint density at radius 1 is 0.484 bits per heavy atom. The molecule has 0 saturated heterocycles. The van der Waals surface area contributed by atoms with Gasteiger partial charge in [-0.05, 0) is 118 Å². The van der Waals surface area contributed by atoms with Gasteiger partial charge < -0.3 is 27.7 Å². The molecule has 2 atom stereocenters. The molecule has 0 spiro atoms. The Morgan fingerprint density at radius 2 is 1.00 bits per heavy atom. The topological polar surface area (TPSA) is 26.0 Å². The van der Waals surface area contributed by atoms with Crippen LogP contribution in [0.2, 0.25) is 0 Å². The van der Waals surface area contributed by atoms with Crippen molar-refractivity contribution in [3.8, 4) is 11.1 Å². The van der Waals surface area contributed by atoms with E-state index >= 15 is 8.63 Å². The second-order valence-electron chi connectivity index (χ2n) is 15.8. The molecule has 0 amide bonds. The molecule has 1 aromatic heterocycles. The van der Waals surface area contributed by atoms with Crippen molar-refractivity contribution in [1.29, 1.82) is 0 Å². The lowest BCUT2D eigenvalue weighted by Gasteiger charge is -2.47. The standard InChI is InChI=1S/C54H40BF2N5/c56-55(57)61-51-31-27-41(39-15-13-25-49(37-39)59(45-17-5-1-6-18-45)46-19-7-2-8-20-46)35-43(51)29-33-53(61)58-54-34-30-44-36-42(28-32-52(44)62(54)55)40-16-14-26-50(38-40)60(47-21-9-3-10-22-47)48-23-11-4-12-24-48/h1-38,43,51H. The van der Waals surface area contributed by atoms with E-state index in [4.69, 9.17) is 4.99 Å². The first-order valence-corrected chi connectivity index (χ1v) is 21.0. The van der Waals surface area contributed by atoms with E-state index in [1.54, 1.807) is 12.1 Å². The molecule has 3 heterocycles. The fourth-order valence-corrected chi connectivity index (χ4v) is 9.20. The molecule has 2 unspecified atom stereocenters. The van der Waals surface area contributed by atoms with E-state index in [2.05, 4.69) is 107 Å². The van der Waals surface area contributed by atoms with Crippen molar-refractivity contribution in [3.05, 3.63) is 236 Å². The number of anilines is 6. The van der Waals surface area contributed by atoms with Gasteiger partial charge in [0, 0.05) is 63.6 Å². The number of benzene rings is 7. The van der Waals surface area contributed by atoms with Crippen LogP contribution in [0.3, 0.4) is 0 Å². The van der Waals surface area contributed by atoms with E-state index < -0.39 is 13.0 Å². The summed E-state index contributed by atoms with van der Waals surface area (Å²) in [6, 6.07) is 66.6. The molecule has 8 aromatic rings. The van der Waals surface area contributed by atoms with Crippen molar-refractivity contribution < 1.29 is 13.1 Å². The highest BCUT2D eigenvalue weighted by Crippen LogP contribution is 2.41. The zero-order chi connectivity index (χ0) is 41.6. The molecular weight excluding hydrogens is 767 g/mol. The number of aliphatic imine (C=N–C) groups is 1. The second-order valence-corrected chi connectivity index (χ2v) is 15.8. The number of allylic oxidation sites excluding steroid dienone is 2.